The van der Waals surface area contributed by atoms with Crippen molar-refractivity contribution in [2.75, 3.05) is 27.1 Å². The van der Waals surface area contributed by atoms with Crippen molar-refractivity contribution in [1.29, 1.82) is 0 Å². The quantitative estimate of drug-likeness (QED) is 0.0715. The monoisotopic (exact) mass is 909 g/mol. The normalized spacial score (nSPS) is 9.32. The Morgan fingerprint density at radius 1 is 0.789 bits per heavy atom. The average Bonchev–Trinajstić information content (AvgIpc) is 2.67. The van der Waals surface area contributed by atoms with Crippen LogP contribution in [0, 0.1) is 0 Å². The van der Waals surface area contributed by atoms with E-state index in [1.54, 1.807) is 22.6 Å². The molecular formula is C12H23F11I2NaO8S4-. The van der Waals surface area contributed by atoms with Crippen LogP contribution in [0.3, 0.4) is 0 Å². The molecule has 0 aliphatic rings. The first-order valence-electron chi connectivity index (χ1n) is 7.12. The second-order valence-corrected chi connectivity index (χ2v) is 9.29. The minimum Gasteiger partial charge on any atom is -0.746 e. The Kier molecular flexibility index (Phi) is 102. The summed E-state index contributed by atoms with van der Waals surface area (Å²) in [6.07, 6.45) is 2.42. The van der Waals surface area contributed by atoms with Crippen LogP contribution in [0.4, 0.5) is 44.8 Å². The van der Waals surface area contributed by atoms with Gasteiger partial charge in [0.05, 0.1) is 0 Å². The van der Waals surface area contributed by atoms with Crippen molar-refractivity contribution >= 4 is 65.9 Å². The Bertz CT molecular complexity index is 657. The van der Waals surface area contributed by atoms with E-state index in [0.29, 0.717) is 0 Å². The molecule has 0 fully saturated rings. The maximum absolute atomic E-state index is 11.0. The number of rotatable bonds is 4. The molecule has 0 saturated heterocycles. The van der Waals surface area contributed by atoms with E-state index in [4.69, 9.17) is 34.0 Å². The molecule has 0 aromatic rings. The van der Waals surface area contributed by atoms with Crippen LogP contribution < -0.4 is 50.8 Å². The molecule has 0 aromatic heterocycles. The van der Waals surface area contributed by atoms with Crippen molar-refractivity contribution in [3.8, 4) is 0 Å². The number of alkyl halides is 7. The summed E-state index contributed by atoms with van der Waals surface area (Å²) in [5.74, 6) is 0. The van der Waals surface area contributed by atoms with Gasteiger partial charge in [-0.05, 0) is 22.6 Å². The molecule has 0 aliphatic heterocycles. The molecule has 1 atom stereocenters. The van der Waals surface area contributed by atoms with Gasteiger partial charge in [0.25, 0.3) is 0 Å². The van der Waals surface area contributed by atoms with E-state index >= 15 is 0 Å². The van der Waals surface area contributed by atoms with Gasteiger partial charge >= 0.3 is 103 Å². The summed E-state index contributed by atoms with van der Waals surface area (Å²) in [7, 11) is -17.0. The standard InChI is InChI=1S/C3H7FI.2C3H5F.C2H4.CH2FI.3F2O2S.FHO2S.Na/c1-2-5-3-4;2*1-2-3-4;1-2;2-1-3;3*1-5(2,3)4;1-4(2)3;/h2-3H2,1H3;2*2H,1,3H2;1-2H2;1H2;;;;(H,2,3);/q-1;;;;;;;;;+1/p-1. The Balaban J connectivity index is -0.0000000292. The molecule has 0 saturated carbocycles. The summed E-state index contributed by atoms with van der Waals surface area (Å²) in [5, 5.41) is 0. The molecule has 0 aliphatic carbocycles. The minimum atomic E-state index is -5.67. The van der Waals surface area contributed by atoms with Crippen LogP contribution in [-0.4, -0.2) is 61.2 Å². The Morgan fingerprint density at radius 3 is 0.895 bits per heavy atom. The molecule has 8 nitrogen and oxygen atoms in total. The molecule has 0 N–H and O–H groups in total. The maximum atomic E-state index is 11.0. The van der Waals surface area contributed by atoms with Gasteiger partial charge in [0.2, 0.25) is 0 Å². The van der Waals surface area contributed by atoms with E-state index in [1.165, 1.54) is 12.2 Å². The van der Waals surface area contributed by atoms with Crippen molar-refractivity contribution in [3.05, 3.63) is 38.5 Å². The summed E-state index contributed by atoms with van der Waals surface area (Å²) in [6.45, 7) is 13.4. The minimum absolute atomic E-state index is 0. The molecule has 0 aromatic carbocycles. The third-order valence-corrected chi connectivity index (χ3v) is 1.97. The van der Waals surface area contributed by atoms with Gasteiger partial charge in [0.15, 0.2) is 0 Å². The van der Waals surface area contributed by atoms with Crippen LogP contribution in [0.15, 0.2) is 38.5 Å². The fourth-order valence-corrected chi connectivity index (χ4v) is 0.479. The molecule has 38 heavy (non-hydrogen) atoms. The Labute approximate surface area is 265 Å². The van der Waals surface area contributed by atoms with E-state index in [2.05, 4.69) is 26.3 Å². The molecule has 0 spiro atoms. The summed E-state index contributed by atoms with van der Waals surface area (Å²) < 4.78 is 180. The summed E-state index contributed by atoms with van der Waals surface area (Å²) in [6, 6.07) is 0. The molecular weight excluding hydrogens is 886 g/mol. The molecule has 236 valence electrons. The predicted molar refractivity (Wildman–Crippen MR) is 124 cm³/mol. The smallest absolute Gasteiger partial charge is 0.746 e. The van der Waals surface area contributed by atoms with E-state index in [0.717, 1.165) is 4.43 Å². The third-order valence-electron chi connectivity index (χ3n) is 0.479. The van der Waals surface area contributed by atoms with Gasteiger partial charge in [0, 0.05) is 0 Å². The fraction of sp³-hybridized carbons (Fsp3) is 0.500. The first-order valence-corrected chi connectivity index (χ1v) is 16.5. The predicted octanol–water partition coefficient (Wildman–Crippen LogP) is -0.279. The van der Waals surface area contributed by atoms with Gasteiger partial charge in [-0.2, -0.15) is 25.3 Å². The molecule has 26 heteroatoms. The third kappa shape index (κ3) is 2000. The molecule has 1 unspecified atom stereocenters. The van der Waals surface area contributed by atoms with Crippen molar-refractivity contribution in [3.63, 3.8) is 0 Å². The molecule has 0 amide bonds. The first-order chi connectivity index (χ1) is 16.4. The first kappa shape index (κ1) is 66.9. The topological polar surface area (TPSA) is 143 Å². The Hall–Kier alpha value is 0.870. The number of hydrogen-bond acceptors (Lipinski definition) is 8. The van der Waals surface area contributed by atoms with Gasteiger partial charge in [-0.1, -0.05) is 35.5 Å². The Morgan fingerprint density at radius 2 is 0.895 bits per heavy atom. The van der Waals surface area contributed by atoms with Crippen LogP contribution in [-0.2, 0) is 43.3 Å². The van der Waals surface area contributed by atoms with Crippen molar-refractivity contribution in [2.24, 2.45) is 0 Å². The van der Waals surface area contributed by atoms with Crippen LogP contribution in [0.2, 0.25) is 0 Å². The van der Waals surface area contributed by atoms with Gasteiger partial charge < -0.3 is 4.55 Å². The average molecular weight is 909 g/mol. The number of hydrogen-bond donors (Lipinski definition) is 0. The largest absolute Gasteiger partial charge is 1.00 e. The molecule has 0 rings (SSSR count). The zero-order valence-electron chi connectivity index (χ0n) is 19.3. The van der Waals surface area contributed by atoms with Gasteiger partial charge in [-0.25, -0.2) is 17.4 Å². The van der Waals surface area contributed by atoms with Crippen LogP contribution >= 0.6 is 22.6 Å². The van der Waals surface area contributed by atoms with E-state index < -0.39 is 56.6 Å². The maximum Gasteiger partial charge on any atom is 1.00 e. The van der Waals surface area contributed by atoms with Gasteiger partial charge in [-0.15, -0.1) is 30.2 Å². The zero-order chi connectivity index (χ0) is 32.7. The van der Waals surface area contributed by atoms with E-state index in [9.17, 15) is 44.8 Å². The molecule has 0 heterocycles. The van der Waals surface area contributed by atoms with E-state index in [1.807, 2.05) is 6.92 Å². The molecule has 0 bridgehead atoms. The second kappa shape index (κ2) is 57.7. The van der Waals surface area contributed by atoms with Crippen LogP contribution in [0.5, 0.6) is 0 Å². The van der Waals surface area contributed by atoms with Crippen LogP contribution in [0.1, 0.15) is 6.92 Å². The van der Waals surface area contributed by atoms with Crippen molar-refractivity contribution < 1.29 is 130 Å². The fourth-order valence-electron chi connectivity index (χ4n) is 0.0714. The number of halogens is 13. The van der Waals surface area contributed by atoms with Crippen molar-refractivity contribution in [2.45, 2.75) is 6.92 Å². The van der Waals surface area contributed by atoms with Gasteiger partial charge in [0.1, 0.15) is 29.5 Å². The second-order valence-electron chi connectivity index (χ2n) is 2.87. The molecule has 0 radical (unpaired) electrons. The van der Waals surface area contributed by atoms with Crippen molar-refractivity contribution in [1.82, 2.24) is 0 Å². The zero-order valence-corrected chi connectivity index (χ0v) is 28.9. The summed E-state index contributed by atoms with van der Waals surface area (Å²) in [5.41, 5.74) is 0. The van der Waals surface area contributed by atoms with E-state index in [-0.39, 0.29) is 60.1 Å². The van der Waals surface area contributed by atoms with Gasteiger partial charge in [-0.3, -0.25) is 0 Å². The summed E-state index contributed by atoms with van der Waals surface area (Å²) >= 11 is -1.77. The SMILES string of the molecule is C=C.C=CCF.C=CCF.CC[I-]CF.FCI.O=S(=O)(F)F.O=S(=O)(F)F.O=S(=O)(F)F.O=S([O-])F.[Na+]. The van der Waals surface area contributed by atoms with Crippen LogP contribution in [0.25, 0.3) is 0 Å². The summed E-state index contributed by atoms with van der Waals surface area (Å²) in [4.78, 5) is 0. The number of allylic oxidation sites excluding steroid dienone is 2.